The van der Waals surface area contributed by atoms with Crippen molar-refractivity contribution in [3.05, 3.63) is 53.6 Å². The van der Waals surface area contributed by atoms with Gasteiger partial charge in [-0.2, -0.15) is 0 Å². The van der Waals surface area contributed by atoms with E-state index in [4.69, 9.17) is 4.84 Å². The predicted octanol–water partition coefficient (Wildman–Crippen LogP) is 2.40. The van der Waals surface area contributed by atoms with E-state index < -0.39 is 5.60 Å². The van der Waals surface area contributed by atoms with Gasteiger partial charge < -0.3 is 0 Å². The van der Waals surface area contributed by atoms with Gasteiger partial charge in [0.2, 0.25) is 0 Å². The summed E-state index contributed by atoms with van der Waals surface area (Å²) in [5, 5.41) is 13.2. The predicted molar refractivity (Wildman–Crippen MR) is 102 cm³/mol. The SMILES string of the molecule is CC(C)(C)ON(C=O)C(Cc1nnc(Nc2ccccc2)[se]1)n1ccnc1. The summed E-state index contributed by atoms with van der Waals surface area (Å²) in [6.45, 7) is 5.70. The number of rotatable bonds is 8. The number of nitrogens with one attached hydrogen (secondary N) is 1. The Balaban J connectivity index is 1.77. The molecule has 3 aromatic rings. The normalized spacial score (nSPS) is 12.6. The molecular formula is C18H22N6O2Se. The molecule has 1 atom stereocenters. The van der Waals surface area contributed by atoms with Crippen LogP contribution in [0.1, 0.15) is 31.5 Å². The van der Waals surface area contributed by atoms with Gasteiger partial charge in [0, 0.05) is 0 Å². The van der Waals surface area contributed by atoms with Crippen molar-refractivity contribution in [3.63, 3.8) is 0 Å². The number of para-hydroxylation sites is 1. The van der Waals surface area contributed by atoms with E-state index in [-0.39, 0.29) is 20.7 Å². The molecule has 0 saturated carbocycles. The van der Waals surface area contributed by atoms with E-state index in [1.807, 2.05) is 55.7 Å². The number of imidazole rings is 1. The van der Waals surface area contributed by atoms with E-state index in [0.29, 0.717) is 12.8 Å². The van der Waals surface area contributed by atoms with Gasteiger partial charge in [0.15, 0.2) is 0 Å². The first kappa shape index (κ1) is 19.3. The van der Waals surface area contributed by atoms with Crippen LogP contribution in [0, 0.1) is 0 Å². The third kappa shape index (κ3) is 5.50. The molecule has 0 aliphatic rings. The molecule has 2 heterocycles. The number of aromatic nitrogens is 4. The Labute approximate surface area is 163 Å². The molecule has 0 fully saturated rings. The minimum atomic E-state index is -0.501. The molecule has 1 aromatic carbocycles. The van der Waals surface area contributed by atoms with Gasteiger partial charge in [-0.1, -0.05) is 0 Å². The molecule has 9 heteroatoms. The van der Waals surface area contributed by atoms with Gasteiger partial charge in [0.05, 0.1) is 0 Å². The van der Waals surface area contributed by atoms with E-state index in [1.54, 1.807) is 18.7 Å². The molecule has 1 amide bonds. The number of hydrogen-bond acceptors (Lipinski definition) is 6. The molecule has 0 aliphatic heterocycles. The summed E-state index contributed by atoms with van der Waals surface area (Å²) < 4.78 is 3.59. The van der Waals surface area contributed by atoms with Gasteiger partial charge in [0.1, 0.15) is 0 Å². The number of amides is 1. The number of nitrogens with zero attached hydrogens (tertiary/aromatic N) is 5. The van der Waals surface area contributed by atoms with E-state index in [1.165, 1.54) is 5.06 Å². The molecule has 0 aliphatic carbocycles. The molecule has 142 valence electrons. The Kier molecular flexibility index (Phi) is 6.05. The summed E-state index contributed by atoms with van der Waals surface area (Å²) >= 11 is -0.0506. The van der Waals surface area contributed by atoms with Crippen molar-refractivity contribution in [1.29, 1.82) is 0 Å². The number of carbonyl (C=O) groups excluding carboxylic acids is 1. The van der Waals surface area contributed by atoms with Gasteiger partial charge >= 0.3 is 164 Å². The third-order valence-corrected chi connectivity index (χ3v) is 5.30. The van der Waals surface area contributed by atoms with Crippen LogP contribution in [0.4, 0.5) is 10.4 Å². The number of hydroxylamine groups is 2. The zero-order valence-electron chi connectivity index (χ0n) is 15.4. The second-order valence-corrected chi connectivity index (χ2v) is 9.08. The van der Waals surface area contributed by atoms with Crippen molar-refractivity contribution >= 4 is 31.3 Å². The zero-order valence-corrected chi connectivity index (χ0v) is 17.2. The van der Waals surface area contributed by atoms with E-state index in [2.05, 4.69) is 20.5 Å². The van der Waals surface area contributed by atoms with Gasteiger partial charge in [-0.3, -0.25) is 0 Å². The van der Waals surface area contributed by atoms with E-state index in [9.17, 15) is 4.79 Å². The Morgan fingerprint density at radius 1 is 1.30 bits per heavy atom. The van der Waals surface area contributed by atoms with Crippen LogP contribution in [0.3, 0.4) is 0 Å². The minimum absolute atomic E-state index is 0.0506. The molecule has 8 nitrogen and oxygen atoms in total. The summed E-state index contributed by atoms with van der Waals surface area (Å²) in [5.41, 5.74) is 0.477. The van der Waals surface area contributed by atoms with Gasteiger partial charge in [-0.25, -0.2) is 0 Å². The van der Waals surface area contributed by atoms with Gasteiger partial charge in [-0.05, 0) is 0 Å². The summed E-state index contributed by atoms with van der Waals surface area (Å²) in [6, 6.07) is 9.86. The van der Waals surface area contributed by atoms with Crippen LogP contribution < -0.4 is 5.32 Å². The van der Waals surface area contributed by atoms with Crippen molar-refractivity contribution in [3.8, 4) is 0 Å². The molecule has 1 N–H and O–H groups in total. The topological polar surface area (TPSA) is 85.2 Å². The standard InChI is InChI=1S/C18H22N6O2Se/c1-18(2,3)26-24(13-25)16(23-10-9-19-12-23)11-15-21-22-17(27-15)20-14-7-5-4-6-8-14/h4-10,12-13,16H,11H2,1-3H3,(H,20,22). The average molecular weight is 433 g/mol. The summed E-state index contributed by atoms with van der Waals surface area (Å²) in [5.74, 6) is 0. The molecular weight excluding hydrogens is 411 g/mol. The van der Waals surface area contributed by atoms with Crippen LogP contribution in [0.25, 0.3) is 0 Å². The van der Waals surface area contributed by atoms with Crippen molar-refractivity contribution in [2.24, 2.45) is 0 Å². The van der Waals surface area contributed by atoms with Crippen LogP contribution in [0.5, 0.6) is 0 Å². The van der Waals surface area contributed by atoms with Crippen molar-refractivity contribution in [2.75, 3.05) is 5.32 Å². The average Bonchev–Trinajstić information content (AvgIpc) is 3.30. The first-order valence-electron chi connectivity index (χ1n) is 8.49. The first-order chi connectivity index (χ1) is 12.9. The van der Waals surface area contributed by atoms with Gasteiger partial charge in [-0.15, -0.1) is 0 Å². The van der Waals surface area contributed by atoms with Crippen LogP contribution in [-0.4, -0.2) is 51.3 Å². The Morgan fingerprint density at radius 3 is 2.70 bits per heavy atom. The second kappa shape index (κ2) is 8.47. The van der Waals surface area contributed by atoms with Crippen molar-refractivity contribution in [2.45, 2.75) is 39.0 Å². The van der Waals surface area contributed by atoms with Crippen LogP contribution in [0.2, 0.25) is 0 Å². The molecule has 1 unspecified atom stereocenters. The van der Waals surface area contributed by atoms with E-state index in [0.717, 1.165) is 14.9 Å². The maximum atomic E-state index is 11.7. The van der Waals surface area contributed by atoms with Crippen LogP contribution >= 0.6 is 0 Å². The maximum absolute atomic E-state index is 11.7. The monoisotopic (exact) mass is 434 g/mol. The molecule has 3 rings (SSSR count). The third-order valence-electron chi connectivity index (χ3n) is 3.50. The number of carbonyl (C=O) groups is 1. The molecule has 0 saturated heterocycles. The Bertz CT molecular complexity index is 844. The summed E-state index contributed by atoms with van der Waals surface area (Å²) in [6.07, 6.45) is 5.97. The van der Waals surface area contributed by atoms with Crippen LogP contribution in [0.15, 0.2) is 49.1 Å². The quantitative estimate of drug-likeness (QED) is 0.334. The molecule has 0 spiro atoms. The van der Waals surface area contributed by atoms with Crippen LogP contribution in [-0.2, 0) is 16.1 Å². The molecule has 2 aromatic heterocycles. The van der Waals surface area contributed by atoms with Crippen molar-refractivity contribution in [1.82, 2.24) is 24.8 Å². The molecule has 27 heavy (non-hydrogen) atoms. The summed E-state index contributed by atoms with van der Waals surface area (Å²) in [7, 11) is 0. The zero-order chi connectivity index (χ0) is 19.3. The number of benzene rings is 1. The number of anilines is 2. The summed E-state index contributed by atoms with van der Waals surface area (Å²) in [4.78, 5) is 21.6. The fraction of sp³-hybridized carbons (Fsp3) is 0.333. The van der Waals surface area contributed by atoms with E-state index >= 15 is 0 Å². The fourth-order valence-corrected chi connectivity index (χ4v) is 4.08. The Hall–Kier alpha value is -2.48. The second-order valence-electron chi connectivity index (χ2n) is 6.86. The number of hydrogen-bond donors (Lipinski definition) is 1. The van der Waals surface area contributed by atoms with Crippen molar-refractivity contribution < 1.29 is 9.63 Å². The molecule has 0 radical (unpaired) electrons. The first-order valence-corrected chi connectivity index (χ1v) is 10.2. The molecule has 0 bridgehead atoms. The van der Waals surface area contributed by atoms with Gasteiger partial charge in [0.25, 0.3) is 0 Å². The fourth-order valence-electron chi connectivity index (χ4n) is 2.43. The Morgan fingerprint density at radius 2 is 2.07 bits per heavy atom.